The summed E-state index contributed by atoms with van der Waals surface area (Å²) >= 11 is 0. The lowest BCUT2D eigenvalue weighted by atomic mass is 9.85. The third-order valence-electron chi connectivity index (χ3n) is 3.61. The first-order valence-electron chi connectivity index (χ1n) is 6.31. The van der Waals surface area contributed by atoms with Crippen molar-refractivity contribution < 1.29 is 9.53 Å². The van der Waals surface area contributed by atoms with Crippen molar-refractivity contribution in [3.63, 3.8) is 0 Å². The normalized spacial score (nSPS) is 18.6. The molecule has 1 saturated carbocycles. The number of carbonyl (C=O) groups is 1. The van der Waals surface area contributed by atoms with Gasteiger partial charge in [-0.05, 0) is 31.7 Å². The van der Waals surface area contributed by atoms with Crippen molar-refractivity contribution in [1.29, 1.82) is 0 Å². The molecule has 0 aromatic carbocycles. The van der Waals surface area contributed by atoms with E-state index in [1.54, 1.807) is 0 Å². The lowest BCUT2D eigenvalue weighted by Crippen LogP contribution is -2.37. The average Bonchev–Trinajstić information content (AvgIpc) is 2.18. The van der Waals surface area contributed by atoms with Crippen molar-refractivity contribution in [2.75, 3.05) is 27.2 Å². The third-order valence-corrected chi connectivity index (χ3v) is 3.61. The highest BCUT2D eigenvalue weighted by Gasteiger charge is 2.26. The molecule has 3 heteroatoms. The van der Waals surface area contributed by atoms with Gasteiger partial charge >= 0.3 is 5.97 Å². The molecule has 16 heavy (non-hydrogen) atoms. The zero-order valence-corrected chi connectivity index (χ0v) is 11.0. The Labute approximate surface area is 99.1 Å². The van der Waals surface area contributed by atoms with Crippen LogP contribution < -0.4 is 0 Å². The number of carbonyl (C=O) groups excluding carboxylic acids is 1. The maximum absolute atomic E-state index is 11.6. The molecule has 0 aromatic rings. The number of nitrogens with zero attached hydrogens (tertiary/aromatic N) is 1. The fraction of sp³-hybridized carbons (Fsp3) is 0.923. The zero-order valence-electron chi connectivity index (χ0n) is 11.0. The van der Waals surface area contributed by atoms with Gasteiger partial charge in [0, 0.05) is 13.1 Å². The Morgan fingerprint density at radius 2 is 2.06 bits per heavy atom. The topological polar surface area (TPSA) is 29.5 Å². The Balaban J connectivity index is 2.37. The van der Waals surface area contributed by atoms with E-state index >= 15 is 0 Å². The van der Waals surface area contributed by atoms with E-state index in [0.29, 0.717) is 5.92 Å². The number of ether oxygens (including phenoxy) is 1. The summed E-state index contributed by atoms with van der Waals surface area (Å²) in [6, 6.07) is 0. The van der Waals surface area contributed by atoms with Gasteiger partial charge in [-0.25, -0.2) is 0 Å². The highest BCUT2D eigenvalue weighted by atomic mass is 16.5. The van der Waals surface area contributed by atoms with Gasteiger partial charge in [-0.1, -0.05) is 20.3 Å². The van der Waals surface area contributed by atoms with E-state index in [2.05, 4.69) is 25.8 Å². The van der Waals surface area contributed by atoms with Crippen molar-refractivity contribution in [1.82, 2.24) is 4.90 Å². The van der Waals surface area contributed by atoms with Gasteiger partial charge in [-0.3, -0.25) is 4.79 Å². The van der Waals surface area contributed by atoms with Crippen LogP contribution in [-0.2, 0) is 9.53 Å². The number of esters is 1. The van der Waals surface area contributed by atoms with Gasteiger partial charge in [0.2, 0.25) is 0 Å². The molecular weight excluding hydrogens is 202 g/mol. The van der Waals surface area contributed by atoms with Crippen LogP contribution in [0.15, 0.2) is 0 Å². The van der Waals surface area contributed by atoms with Crippen LogP contribution in [0.3, 0.4) is 0 Å². The van der Waals surface area contributed by atoms with Gasteiger partial charge in [0.05, 0.1) is 13.0 Å². The molecule has 0 radical (unpaired) electrons. The van der Waals surface area contributed by atoms with E-state index in [1.807, 2.05) is 0 Å². The minimum atomic E-state index is -0.0736. The summed E-state index contributed by atoms with van der Waals surface area (Å²) in [4.78, 5) is 13.9. The van der Waals surface area contributed by atoms with Gasteiger partial charge in [-0.2, -0.15) is 0 Å². The molecule has 0 heterocycles. The smallest absolute Gasteiger partial charge is 0.310 e. The summed E-state index contributed by atoms with van der Waals surface area (Å²) in [6.07, 6.45) is 4.09. The van der Waals surface area contributed by atoms with E-state index in [4.69, 9.17) is 4.74 Å². The van der Waals surface area contributed by atoms with Gasteiger partial charge in [-0.15, -0.1) is 0 Å². The predicted molar refractivity (Wildman–Crippen MR) is 65.2 cm³/mol. The first-order valence-corrected chi connectivity index (χ1v) is 6.31. The second-order valence-corrected chi connectivity index (χ2v) is 5.39. The molecular formula is C13H25NO2. The van der Waals surface area contributed by atoms with Crippen LogP contribution in [0.25, 0.3) is 0 Å². The molecule has 0 bridgehead atoms. The lowest BCUT2D eigenvalue weighted by molar-refractivity contribution is -0.147. The summed E-state index contributed by atoms with van der Waals surface area (Å²) < 4.78 is 4.85. The summed E-state index contributed by atoms with van der Waals surface area (Å²) in [5.41, 5.74) is 0. The van der Waals surface area contributed by atoms with Crippen LogP contribution >= 0.6 is 0 Å². The average molecular weight is 227 g/mol. The zero-order chi connectivity index (χ0) is 12.1. The molecule has 0 aromatic heterocycles. The molecule has 1 atom stereocenters. The summed E-state index contributed by atoms with van der Waals surface area (Å²) in [5, 5.41) is 0. The lowest BCUT2D eigenvalue weighted by Gasteiger charge is -2.32. The molecule has 0 N–H and O–H groups in total. The van der Waals surface area contributed by atoms with Crippen molar-refractivity contribution in [3.05, 3.63) is 0 Å². The highest BCUT2D eigenvalue weighted by Crippen LogP contribution is 2.27. The minimum absolute atomic E-state index is 0.00933. The van der Waals surface area contributed by atoms with Crippen LogP contribution in [0.4, 0.5) is 0 Å². The van der Waals surface area contributed by atoms with E-state index in [-0.39, 0.29) is 11.9 Å². The van der Waals surface area contributed by atoms with Gasteiger partial charge in [0.25, 0.3) is 0 Å². The largest absolute Gasteiger partial charge is 0.469 e. The number of rotatable bonds is 6. The van der Waals surface area contributed by atoms with Gasteiger partial charge in [0.1, 0.15) is 0 Å². The molecule has 1 fully saturated rings. The molecule has 3 nitrogen and oxygen atoms in total. The summed E-state index contributed by atoms with van der Waals surface area (Å²) in [5.74, 6) is 1.14. The maximum Gasteiger partial charge on any atom is 0.310 e. The second kappa shape index (κ2) is 6.24. The van der Waals surface area contributed by atoms with E-state index < -0.39 is 0 Å². The summed E-state index contributed by atoms with van der Waals surface area (Å²) in [6.45, 7) is 6.11. The minimum Gasteiger partial charge on any atom is -0.469 e. The standard InChI is InChI=1S/C13H25NO2/c1-10(2)12(13(15)16-4)9-14(3)8-11-6-5-7-11/h10-12H,5-9H2,1-4H3. The quantitative estimate of drug-likeness (QED) is 0.651. The highest BCUT2D eigenvalue weighted by molar-refractivity contribution is 5.72. The molecule has 0 saturated heterocycles. The molecule has 0 spiro atoms. The Bertz CT molecular complexity index is 224. The Morgan fingerprint density at radius 3 is 2.44 bits per heavy atom. The van der Waals surface area contributed by atoms with Crippen molar-refractivity contribution in [3.8, 4) is 0 Å². The SMILES string of the molecule is COC(=O)C(CN(C)CC1CCC1)C(C)C. The van der Waals surface area contributed by atoms with Crippen LogP contribution in [0.2, 0.25) is 0 Å². The number of hydrogen-bond acceptors (Lipinski definition) is 3. The third kappa shape index (κ3) is 3.78. The van der Waals surface area contributed by atoms with Crippen molar-refractivity contribution >= 4 is 5.97 Å². The first kappa shape index (κ1) is 13.5. The molecule has 1 aliphatic carbocycles. The Morgan fingerprint density at radius 1 is 1.44 bits per heavy atom. The Hall–Kier alpha value is -0.570. The molecule has 0 amide bonds. The van der Waals surface area contributed by atoms with Crippen LogP contribution in [-0.4, -0.2) is 38.1 Å². The molecule has 0 aliphatic heterocycles. The van der Waals surface area contributed by atoms with Crippen molar-refractivity contribution in [2.24, 2.45) is 17.8 Å². The number of hydrogen-bond donors (Lipinski definition) is 0. The van der Waals surface area contributed by atoms with E-state index in [9.17, 15) is 4.79 Å². The molecule has 1 aliphatic rings. The molecule has 94 valence electrons. The molecule has 1 unspecified atom stereocenters. The fourth-order valence-electron chi connectivity index (χ4n) is 2.24. The molecule has 1 rings (SSSR count). The van der Waals surface area contributed by atoms with E-state index in [1.165, 1.54) is 26.4 Å². The first-order chi connectivity index (χ1) is 7.54. The monoisotopic (exact) mass is 227 g/mol. The van der Waals surface area contributed by atoms with Crippen molar-refractivity contribution in [2.45, 2.75) is 33.1 Å². The summed E-state index contributed by atoms with van der Waals surface area (Å²) in [7, 11) is 3.58. The van der Waals surface area contributed by atoms with Gasteiger partial charge in [0.15, 0.2) is 0 Å². The van der Waals surface area contributed by atoms with E-state index in [0.717, 1.165) is 19.0 Å². The van der Waals surface area contributed by atoms with Crippen LogP contribution in [0.1, 0.15) is 33.1 Å². The Kier molecular flexibility index (Phi) is 5.26. The fourth-order valence-corrected chi connectivity index (χ4v) is 2.24. The van der Waals surface area contributed by atoms with Crippen LogP contribution in [0, 0.1) is 17.8 Å². The van der Waals surface area contributed by atoms with Gasteiger partial charge < -0.3 is 9.64 Å². The van der Waals surface area contributed by atoms with Crippen LogP contribution in [0.5, 0.6) is 0 Å². The predicted octanol–water partition coefficient (Wildman–Crippen LogP) is 2.16. The number of methoxy groups -OCH3 is 1. The maximum atomic E-state index is 11.6. The second-order valence-electron chi connectivity index (χ2n) is 5.39.